The van der Waals surface area contributed by atoms with Gasteiger partial charge in [-0.15, -0.1) is 22.7 Å². The molecule has 12 nitrogen and oxygen atoms in total. The summed E-state index contributed by atoms with van der Waals surface area (Å²) in [6, 6.07) is 39.0. The number of hydrogen-bond acceptors (Lipinski definition) is 11. The summed E-state index contributed by atoms with van der Waals surface area (Å²) >= 11 is 3.57. The maximum Gasteiger partial charge on any atom is 0.269 e. The fraction of sp³-hybridized carbons (Fsp3) is 0.186. The SMILES string of the molecule is CN(C)C.Cc1ccc(-c2nc3c(C)c4nc(-c5ccc(C)cc5)sc4c(C)c3s2)cc1.Cc1ccc(C)c2c1C(=O)N(c1ccc([N+](=O)[O-])cc1)C2=O.Cc1ccc(C)c2c1C(=O)N(c1ccccc1)C2=O. The highest BCUT2D eigenvalue weighted by molar-refractivity contribution is 7.24. The van der Waals surface area contributed by atoms with Crippen LogP contribution in [0.5, 0.6) is 0 Å². The smallest absolute Gasteiger partial charge is 0.269 e. The number of amides is 4. The van der Waals surface area contributed by atoms with Crippen LogP contribution in [0.15, 0.2) is 127 Å². The lowest BCUT2D eigenvalue weighted by atomic mass is 9.99. The quantitative estimate of drug-likeness (QED) is 0.0933. The minimum atomic E-state index is -0.527. The van der Waals surface area contributed by atoms with E-state index in [1.807, 2.05) is 70.2 Å². The summed E-state index contributed by atoms with van der Waals surface area (Å²) in [7, 11) is 6.00. The molecule has 0 aliphatic carbocycles. The fourth-order valence-electron chi connectivity index (χ4n) is 8.64. The van der Waals surface area contributed by atoms with Crippen LogP contribution in [-0.4, -0.2) is 64.6 Å². The molecule has 0 unspecified atom stereocenters. The van der Waals surface area contributed by atoms with Gasteiger partial charge in [0, 0.05) is 28.8 Å². The van der Waals surface area contributed by atoms with E-state index < -0.39 is 16.7 Å². The van der Waals surface area contributed by atoms with Crippen LogP contribution >= 0.6 is 22.7 Å². The molecule has 2 aliphatic rings. The molecule has 2 aliphatic heterocycles. The van der Waals surface area contributed by atoms with Gasteiger partial charge in [-0.1, -0.05) is 102 Å². The highest BCUT2D eigenvalue weighted by Crippen LogP contribution is 2.42. The van der Waals surface area contributed by atoms with E-state index in [9.17, 15) is 29.3 Å². The molecule has 0 saturated carbocycles. The maximum atomic E-state index is 12.6. The van der Waals surface area contributed by atoms with Crippen molar-refractivity contribution in [2.45, 2.75) is 55.4 Å². The van der Waals surface area contributed by atoms with Gasteiger partial charge in [0.05, 0.1) is 59.0 Å². The van der Waals surface area contributed by atoms with Crippen molar-refractivity contribution in [2.24, 2.45) is 0 Å². The topological polar surface area (TPSA) is 147 Å². The molecule has 2 aromatic heterocycles. The van der Waals surface area contributed by atoms with E-state index in [0.29, 0.717) is 33.6 Å². The summed E-state index contributed by atoms with van der Waals surface area (Å²) in [4.78, 5) is 74.6. The molecule has 0 spiro atoms. The Morgan fingerprint density at radius 1 is 0.452 bits per heavy atom. The minimum Gasteiger partial charge on any atom is -0.312 e. The second-order valence-corrected chi connectivity index (χ2v) is 20.6. The normalized spacial score (nSPS) is 12.6. The Morgan fingerprint density at radius 3 is 1.11 bits per heavy atom. The molecular weight excluding hydrogens is 953 g/mol. The fourth-order valence-corrected chi connectivity index (χ4v) is 11.0. The highest BCUT2D eigenvalue weighted by Gasteiger charge is 2.40. The molecule has 4 heterocycles. The van der Waals surface area contributed by atoms with Crippen LogP contribution in [0.25, 0.3) is 41.6 Å². The van der Waals surface area contributed by atoms with Crippen LogP contribution in [0.3, 0.4) is 0 Å². The minimum absolute atomic E-state index is 0.0901. The molecular formula is C59H54N6O6S2. The van der Waals surface area contributed by atoms with Crippen molar-refractivity contribution in [1.82, 2.24) is 14.9 Å². The van der Waals surface area contributed by atoms with Crippen molar-refractivity contribution in [3.05, 3.63) is 204 Å². The van der Waals surface area contributed by atoms with Crippen molar-refractivity contribution in [1.29, 1.82) is 0 Å². The van der Waals surface area contributed by atoms with Crippen LogP contribution in [-0.2, 0) is 0 Å². The largest absolute Gasteiger partial charge is 0.312 e. The molecule has 7 aromatic carbocycles. The molecule has 0 atom stereocenters. The first-order valence-corrected chi connectivity index (χ1v) is 25.1. The summed E-state index contributed by atoms with van der Waals surface area (Å²) in [6.07, 6.45) is 0. The van der Waals surface area contributed by atoms with Gasteiger partial charge in [0.1, 0.15) is 10.0 Å². The van der Waals surface area contributed by atoms with E-state index in [2.05, 4.69) is 76.2 Å². The lowest BCUT2D eigenvalue weighted by Gasteiger charge is -2.13. The molecule has 0 bridgehead atoms. The predicted octanol–water partition coefficient (Wildman–Crippen LogP) is 13.8. The number of rotatable bonds is 5. The number of carbonyl (C=O) groups excluding carboxylic acids is 4. The van der Waals surface area contributed by atoms with Gasteiger partial charge in [-0.3, -0.25) is 29.3 Å². The number of non-ortho nitro benzene ring substituents is 1. The number of nitro groups is 1. The number of anilines is 2. The zero-order chi connectivity index (χ0) is 52.6. The number of para-hydroxylation sites is 1. The number of imide groups is 2. The third-order valence-corrected chi connectivity index (χ3v) is 14.9. The number of hydrogen-bond donors (Lipinski definition) is 0. The summed E-state index contributed by atoms with van der Waals surface area (Å²) in [5.41, 5.74) is 15.5. The first-order valence-electron chi connectivity index (χ1n) is 23.5. The molecule has 73 heavy (non-hydrogen) atoms. The van der Waals surface area contributed by atoms with Crippen molar-refractivity contribution in [3.63, 3.8) is 0 Å². The second kappa shape index (κ2) is 21.0. The lowest BCUT2D eigenvalue weighted by Crippen LogP contribution is -2.29. The zero-order valence-corrected chi connectivity index (χ0v) is 44.2. The van der Waals surface area contributed by atoms with Gasteiger partial charge in [-0.25, -0.2) is 19.8 Å². The number of carbonyl (C=O) groups is 4. The number of aromatic nitrogens is 2. The van der Waals surface area contributed by atoms with Crippen molar-refractivity contribution in [2.75, 3.05) is 30.9 Å². The number of benzene rings is 7. The first-order chi connectivity index (χ1) is 34.8. The van der Waals surface area contributed by atoms with E-state index in [1.54, 1.807) is 60.8 Å². The van der Waals surface area contributed by atoms with Gasteiger partial charge >= 0.3 is 0 Å². The third-order valence-electron chi connectivity index (χ3n) is 12.5. The molecule has 0 fully saturated rings. The van der Waals surface area contributed by atoms with Gasteiger partial charge in [0.25, 0.3) is 29.3 Å². The average molecular weight is 1010 g/mol. The van der Waals surface area contributed by atoms with Gasteiger partial charge in [-0.2, -0.15) is 0 Å². The Labute approximate surface area is 432 Å². The van der Waals surface area contributed by atoms with E-state index in [4.69, 9.17) is 9.97 Å². The molecule has 0 saturated heterocycles. The van der Waals surface area contributed by atoms with Crippen LogP contribution in [0, 0.1) is 65.5 Å². The van der Waals surface area contributed by atoms with E-state index in [-0.39, 0.29) is 17.5 Å². The van der Waals surface area contributed by atoms with Crippen LogP contribution < -0.4 is 9.80 Å². The van der Waals surface area contributed by atoms with Crippen molar-refractivity contribution >= 4 is 83.8 Å². The van der Waals surface area contributed by atoms with Crippen LogP contribution in [0.4, 0.5) is 17.1 Å². The second-order valence-electron chi connectivity index (χ2n) is 18.6. The zero-order valence-electron chi connectivity index (χ0n) is 42.6. The molecule has 368 valence electrons. The predicted molar refractivity (Wildman–Crippen MR) is 296 cm³/mol. The number of aryl methyl sites for hydroxylation is 8. The summed E-state index contributed by atoms with van der Waals surface area (Å²) in [6.45, 7) is 15.9. The van der Waals surface area contributed by atoms with E-state index >= 15 is 0 Å². The molecule has 14 heteroatoms. The molecule has 4 amide bonds. The highest BCUT2D eigenvalue weighted by atomic mass is 32.1. The number of nitrogens with zero attached hydrogens (tertiary/aromatic N) is 6. The third kappa shape index (κ3) is 10.1. The summed E-state index contributed by atoms with van der Waals surface area (Å²) in [5, 5.41) is 12.9. The van der Waals surface area contributed by atoms with E-state index in [1.165, 1.54) is 71.9 Å². The van der Waals surface area contributed by atoms with E-state index in [0.717, 1.165) is 48.2 Å². The lowest BCUT2D eigenvalue weighted by molar-refractivity contribution is -0.384. The number of fused-ring (bicyclic) bond motifs is 4. The Bertz CT molecular complexity index is 3400. The first kappa shape index (κ1) is 51.3. The average Bonchev–Trinajstić information content (AvgIpc) is 4.14. The number of thiazole rings is 2. The summed E-state index contributed by atoms with van der Waals surface area (Å²) in [5.74, 6) is -1.25. The van der Waals surface area contributed by atoms with Gasteiger partial charge in [0.2, 0.25) is 0 Å². The van der Waals surface area contributed by atoms with Crippen LogP contribution in [0.1, 0.15) is 85.9 Å². The Kier molecular flexibility index (Phi) is 14.7. The molecule has 0 radical (unpaired) electrons. The number of nitro benzene ring substituents is 1. The van der Waals surface area contributed by atoms with Gasteiger partial charge in [-0.05, 0) is 129 Å². The Morgan fingerprint density at radius 2 is 0.781 bits per heavy atom. The molecule has 11 rings (SSSR count). The molecule has 0 N–H and O–H groups in total. The monoisotopic (exact) mass is 1010 g/mol. The standard InChI is InChI=1S/C24H20N2S2.C16H12N2O4.C16H13NO2.C3H9N/c1-13-5-9-17(10-6-13)23-25-19-15(3)20-22(16(4)21(19)27-23)28-24(26-20)18-11-7-14(2)8-12-18;1-9-3-4-10(2)14-13(9)15(19)17(16(14)20)11-5-7-12(8-6-11)18(21)22;1-10-8-9-11(2)14-13(10)15(18)17(16(14)19)12-6-4-3-5-7-12;1-4(2)3/h5-12H,1-4H3;3-8H,1-2H3;3-9H,1-2H3;1-3H3. The van der Waals surface area contributed by atoms with Crippen molar-refractivity contribution in [3.8, 4) is 21.1 Å². The maximum absolute atomic E-state index is 12.6. The van der Waals surface area contributed by atoms with Gasteiger partial charge < -0.3 is 4.90 Å². The van der Waals surface area contributed by atoms with Crippen LogP contribution in [0.2, 0.25) is 0 Å². The molecule has 9 aromatic rings. The van der Waals surface area contributed by atoms with Crippen molar-refractivity contribution < 1.29 is 24.1 Å². The Hall–Kier alpha value is -8.04. The van der Waals surface area contributed by atoms with Gasteiger partial charge in [0.15, 0.2) is 0 Å². The summed E-state index contributed by atoms with van der Waals surface area (Å²) < 4.78 is 2.55. The Balaban J connectivity index is 0.000000143.